The van der Waals surface area contributed by atoms with Gasteiger partial charge in [0.25, 0.3) is 0 Å². The number of nitrogens with two attached hydrogens (primary N) is 1. The molecule has 3 aromatic heterocycles. The summed E-state index contributed by atoms with van der Waals surface area (Å²) < 4.78 is 15.7. The number of aromatic nitrogens is 5. The molecule has 1 saturated heterocycles. The number of hydrogen-bond donors (Lipinski definition) is 3. The maximum Gasteiger partial charge on any atom is 0.226 e. The van der Waals surface area contributed by atoms with Gasteiger partial charge in [0.1, 0.15) is 23.7 Å². The second kappa shape index (κ2) is 9.52. The number of hydrogen-bond acceptors (Lipinski definition) is 7. The van der Waals surface area contributed by atoms with Crippen LogP contribution in [0.1, 0.15) is 30.1 Å². The molecule has 1 fully saturated rings. The highest BCUT2D eigenvalue weighted by molar-refractivity contribution is 5.98. The second-order valence-corrected chi connectivity index (χ2v) is 8.33. The van der Waals surface area contributed by atoms with Crippen molar-refractivity contribution < 1.29 is 9.18 Å². The lowest BCUT2D eigenvalue weighted by atomic mass is 10.1. The standard InChI is InChI=1S/C24H25FN8O/c25-18-4-2-10-28-19(18)11-20(34)29-12-15-5-7-16(8-6-15)22-21-23(26)30-14-31-24(21)33(32-22)17-3-1-9-27-13-17/h2,4-8,10,14,17,27H,1,3,9,11-13H2,(H,29,34)(H2,26,30,31)/t17-/m1/s1. The first-order chi connectivity index (χ1) is 16.6. The highest BCUT2D eigenvalue weighted by Crippen LogP contribution is 2.32. The number of fused-ring (bicyclic) bond motifs is 1. The molecule has 0 unspecified atom stereocenters. The van der Waals surface area contributed by atoms with Crippen molar-refractivity contribution in [1.29, 1.82) is 0 Å². The van der Waals surface area contributed by atoms with Gasteiger partial charge in [0.15, 0.2) is 5.65 Å². The number of nitrogens with zero attached hydrogens (tertiary/aromatic N) is 5. The first-order valence-electron chi connectivity index (χ1n) is 11.2. The molecule has 0 aliphatic carbocycles. The van der Waals surface area contributed by atoms with Gasteiger partial charge in [-0.25, -0.2) is 19.0 Å². The third-order valence-corrected chi connectivity index (χ3v) is 6.01. The summed E-state index contributed by atoms with van der Waals surface area (Å²) in [6.07, 6.45) is 4.93. The normalized spacial score (nSPS) is 16.0. The number of carbonyl (C=O) groups excluding carboxylic acids is 1. The molecule has 5 rings (SSSR count). The minimum atomic E-state index is -0.485. The lowest BCUT2D eigenvalue weighted by Gasteiger charge is -2.23. The van der Waals surface area contributed by atoms with Gasteiger partial charge in [-0.15, -0.1) is 0 Å². The van der Waals surface area contributed by atoms with E-state index in [1.54, 1.807) is 0 Å². The molecule has 1 aromatic carbocycles. The van der Waals surface area contributed by atoms with Crippen molar-refractivity contribution in [3.8, 4) is 11.3 Å². The highest BCUT2D eigenvalue weighted by Gasteiger charge is 2.23. The van der Waals surface area contributed by atoms with Crippen LogP contribution in [0.15, 0.2) is 48.9 Å². The van der Waals surface area contributed by atoms with E-state index in [9.17, 15) is 9.18 Å². The topological polar surface area (TPSA) is 124 Å². The summed E-state index contributed by atoms with van der Waals surface area (Å²) in [6.45, 7) is 2.16. The van der Waals surface area contributed by atoms with Crippen LogP contribution in [0.25, 0.3) is 22.3 Å². The van der Waals surface area contributed by atoms with Gasteiger partial charge < -0.3 is 16.4 Å². The van der Waals surface area contributed by atoms with E-state index in [-0.39, 0.29) is 24.1 Å². The molecule has 0 radical (unpaired) electrons. The molecule has 0 bridgehead atoms. The molecule has 0 spiro atoms. The van der Waals surface area contributed by atoms with E-state index in [0.29, 0.717) is 12.4 Å². The monoisotopic (exact) mass is 460 g/mol. The molecule has 4 N–H and O–H groups in total. The van der Waals surface area contributed by atoms with Gasteiger partial charge >= 0.3 is 0 Å². The Hall–Kier alpha value is -3.92. The van der Waals surface area contributed by atoms with Crippen LogP contribution < -0.4 is 16.4 Å². The minimum Gasteiger partial charge on any atom is -0.383 e. The zero-order valence-corrected chi connectivity index (χ0v) is 18.5. The predicted molar refractivity (Wildman–Crippen MR) is 126 cm³/mol. The van der Waals surface area contributed by atoms with Crippen molar-refractivity contribution in [1.82, 2.24) is 35.4 Å². The molecule has 0 saturated carbocycles. The third-order valence-electron chi connectivity index (χ3n) is 6.01. The van der Waals surface area contributed by atoms with Gasteiger partial charge in [0.05, 0.1) is 23.5 Å². The summed E-state index contributed by atoms with van der Waals surface area (Å²) >= 11 is 0. The van der Waals surface area contributed by atoms with Crippen molar-refractivity contribution in [2.75, 3.05) is 18.8 Å². The molecule has 4 heterocycles. The molecule has 1 aliphatic heterocycles. The molecule has 34 heavy (non-hydrogen) atoms. The van der Waals surface area contributed by atoms with Crippen molar-refractivity contribution in [3.05, 3.63) is 66.0 Å². The number of pyridine rings is 1. The van der Waals surface area contributed by atoms with Crippen LogP contribution in [0, 0.1) is 5.82 Å². The molecular formula is C24H25FN8O. The summed E-state index contributed by atoms with van der Waals surface area (Å²) in [7, 11) is 0. The molecule has 1 aliphatic rings. The van der Waals surface area contributed by atoms with E-state index in [2.05, 4.69) is 25.6 Å². The van der Waals surface area contributed by atoms with Crippen molar-refractivity contribution in [2.24, 2.45) is 0 Å². The Balaban J connectivity index is 1.34. The van der Waals surface area contributed by atoms with Crippen LogP contribution in [0.4, 0.5) is 10.2 Å². The Morgan fingerprint density at radius 2 is 2.06 bits per heavy atom. The van der Waals surface area contributed by atoms with E-state index < -0.39 is 5.82 Å². The number of benzene rings is 1. The molecule has 1 amide bonds. The largest absolute Gasteiger partial charge is 0.383 e. The third kappa shape index (κ3) is 4.44. The average Bonchev–Trinajstić information content (AvgIpc) is 3.26. The highest BCUT2D eigenvalue weighted by atomic mass is 19.1. The number of nitrogens with one attached hydrogen (secondary N) is 2. The number of piperidine rings is 1. The number of halogens is 1. The molecule has 9 nitrogen and oxygen atoms in total. The van der Waals surface area contributed by atoms with Gasteiger partial charge in [-0.1, -0.05) is 24.3 Å². The smallest absolute Gasteiger partial charge is 0.226 e. The summed E-state index contributed by atoms with van der Waals surface area (Å²) in [5.41, 5.74) is 9.61. The van der Waals surface area contributed by atoms with Gasteiger partial charge in [-0.3, -0.25) is 9.78 Å². The Labute approximate surface area is 195 Å². The fourth-order valence-electron chi connectivity index (χ4n) is 4.24. The summed E-state index contributed by atoms with van der Waals surface area (Å²) in [4.78, 5) is 24.8. The number of amides is 1. The SMILES string of the molecule is Nc1ncnc2c1c(-c1ccc(CNC(=O)Cc3ncccc3F)cc1)nn2[C@@H]1CCCNC1. The van der Waals surface area contributed by atoms with Gasteiger partial charge in [-0.2, -0.15) is 5.10 Å². The van der Waals surface area contributed by atoms with Gasteiger partial charge in [0.2, 0.25) is 5.91 Å². The van der Waals surface area contributed by atoms with Crippen LogP contribution in [-0.2, 0) is 17.8 Å². The Bertz CT molecular complexity index is 1310. The summed E-state index contributed by atoms with van der Waals surface area (Å²) in [5, 5.41) is 11.9. The van der Waals surface area contributed by atoms with Crippen LogP contribution in [-0.4, -0.2) is 43.7 Å². The average molecular weight is 461 g/mol. The number of carbonyl (C=O) groups is 1. The van der Waals surface area contributed by atoms with Crippen LogP contribution in [0.3, 0.4) is 0 Å². The minimum absolute atomic E-state index is 0.108. The Morgan fingerprint density at radius 1 is 1.21 bits per heavy atom. The summed E-state index contributed by atoms with van der Waals surface area (Å²) in [6, 6.07) is 10.7. The molecule has 1 atom stereocenters. The zero-order valence-electron chi connectivity index (χ0n) is 18.5. The molecule has 174 valence electrons. The van der Waals surface area contributed by atoms with Gasteiger partial charge in [-0.05, 0) is 37.1 Å². The van der Waals surface area contributed by atoms with Crippen LogP contribution in [0.2, 0.25) is 0 Å². The molecular weight excluding hydrogens is 435 g/mol. The maximum atomic E-state index is 13.7. The fraction of sp³-hybridized carbons (Fsp3) is 0.292. The van der Waals surface area contributed by atoms with Crippen molar-refractivity contribution in [3.63, 3.8) is 0 Å². The van der Waals surface area contributed by atoms with Gasteiger partial charge in [0, 0.05) is 24.8 Å². The number of rotatable bonds is 6. The van der Waals surface area contributed by atoms with E-state index in [1.807, 2.05) is 28.9 Å². The van der Waals surface area contributed by atoms with Crippen LogP contribution >= 0.6 is 0 Å². The molecule has 4 aromatic rings. The lowest BCUT2D eigenvalue weighted by molar-refractivity contribution is -0.120. The number of anilines is 1. The van der Waals surface area contributed by atoms with E-state index in [1.165, 1.54) is 24.7 Å². The van der Waals surface area contributed by atoms with E-state index in [0.717, 1.165) is 53.8 Å². The first-order valence-corrected chi connectivity index (χ1v) is 11.2. The second-order valence-electron chi connectivity index (χ2n) is 8.33. The fourth-order valence-corrected chi connectivity index (χ4v) is 4.24. The summed E-state index contributed by atoms with van der Waals surface area (Å²) in [5.74, 6) is -0.383. The quantitative estimate of drug-likeness (QED) is 0.404. The zero-order chi connectivity index (χ0) is 23.5. The van der Waals surface area contributed by atoms with E-state index >= 15 is 0 Å². The van der Waals surface area contributed by atoms with Crippen molar-refractivity contribution in [2.45, 2.75) is 31.8 Å². The Kier molecular flexibility index (Phi) is 6.13. The Morgan fingerprint density at radius 3 is 2.82 bits per heavy atom. The predicted octanol–water partition coefficient (Wildman–Crippen LogP) is 2.39. The number of nitrogen functional groups attached to an aromatic ring is 1. The van der Waals surface area contributed by atoms with E-state index in [4.69, 9.17) is 10.8 Å². The maximum absolute atomic E-state index is 13.7. The van der Waals surface area contributed by atoms with Crippen molar-refractivity contribution >= 4 is 22.8 Å². The van der Waals surface area contributed by atoms with Crippen LogP contribution in [0.5, 0.6) is 0 Å². The first kappa shape index (κ1) is 21.9. The molecule has 10 heteroatoms. The lowest BCUT2D eigenvalue weighted by Crippen LogP contribution is -2.32.